The maximum atomic E-state index is 12.9. The Kier molecular flexibility index (Phi) is 4.28. The predicted octanol–water partition coefficient (Wildman–Crippen LogP) is 4.31. The highest BCUT2D eigenvalue weighted by Gasteiger charge is 2.02. The first kappa shape index (κ1) is 13.0. The first-order chi connectivity index (χ1) is 8.72. The zero-order chi connectivity index (χ0) is 13.0. The van der Waals surface area contributed by atoms with Crippen LogP contribution in [-0.4, -0.2) is 6.54 Å². The van der Waals surface area contributed by atoms with Gasteiger partial charge in [0.2, 0.25) is 0 Å². The van der Waals surface area contributed by atoms with Crippen molar-refractivity contribution in [3.8, 4) is 10.4 Å². The van der Waals surface area contributed by atoms with Crippen molar-refractivity contribution in [3.05, 3.63) is 52.7 Å². The van der Waals surface area contributed by atoms with Gasteiger partial charge in [-0.2, -0.15) is 0 Å². The Bertz CT molecular complexity index is 534. The lowest BCUT2D eigenvalue weighted by Crippen LogP contribution is -2.01. The van der Waals surface area contributed by atoms with Crippen molar-refractivity contribution in [2.24, 2.45) is 5.73 Å². The number of nitrogens with two attached hydrogens (primary N) is 1. The summed E-state index contributed by atoms with van der Waals surface area (Å²) in [5.74, 6) is -0.202. The molecule has 0 amide bonds. The highest BCUT2D eigenvalue weighted by atomic mass is 32.1. The summed E-state index contributed by atoms with van der Waals surface area (Å²) in [7, 11) is 0. The minimum atomic E-state index is -0.202. The molecule has 1 nitrogen and oxygen atoms in total. The Balaban J connectivity index is 2.25. The van der Waals surface area contributed by atoms with E-state index in [1.165, 1.54) is 22.6 Å². The van der Waals surface area contributed by atoms with Crippen molar-refractivity contribution in [2.45, 2.75) is 13.3 Å². The summed E-state index contributed by atoms with van der Waals surface area (Å²) < 4.78 is 12.9. The van der Waals surface area contributed by atoms with Crippen LogP contribution in [-0.2, 0) is 0 Å². The highest BCUT2D eigenvalue weighted by molar-refractivity contribution is 7.16. The van der Waals surface area contributed by atoms with Crippen LogP contribution in [0.2, 0.25) is 0 Å². The van der Waals surface area contributed by atoms with Gasteiger partial charge in [-0.1, -0.05) is 24.6 Å². The van der Waals surface area contributed by atoms with Gasteiger partial charge in [0.1, 0.15) is 5.82 Å². The molecule has 0 aliphatic rings. The predicted molar refractivity (Wildman–Crippen MR) is 77.0 cm³/mol. The lowest BCUT2D eigenvalue weighted by atomic mass is 10.1. The molecule has 0 spiro atoms. The molecule has 1 heterocycles. The SMILES string of the molecule is CCC(=Cc1ccc(-c2ccc(F)cc2)s1)CN. The van der Waals surface area contributed by atoms with Gasteiger partial charge >= 0.3 is 0 Å². The minimum Gasteiger partial charge on any atom is -0.327 e. The molecular weight excluding hydrogens is 245 g/mol. The fourth-order valence-corrected chi connectivity index (χ4v) is 2.71. The molecule has 0 bridgehead atoms. The average molecular weight is 261 g/mol. The molecule has 0 unspecified atom stereocenters. The molecule has 0 saturated heterocycles. The third-order valence-electron chi connectivity index (χ3n) is 2.82. The molecule has 0 radical (unpaired) electrons. The molecule has 0 atom stereocenters. The monoisotopic (exact) mass is 261 g/mol. The number of thiophene rings is 1. The van der Waals surface area contributed by atoms with E-state index in [-0.39, 0.29) is 5.82 Å². The first-order valence-corrected chi connectivity index (χ1v) is 6.80. The fraction of sp³-hybridized carbons (Fsp3) is 0.200. The van der Waals surface area contributed by atoms with Crippen molar-refractivity contribution < 1.29 is 4.39 Å². The van der Waals surface area contributed by atoms with E-state index in [9.17, 15) is 4.39 Å². The molecule has 2 aromatic rings. The fourth-order valence-electron chi connectivity index (χ4n) is 1.71. The van der Waals surface area contributed by atoms with Gasteiger partial charge in [0, 0.05) is 16.3 Å². The summed E-state index contributed by atoms with van der Waals surface area (Å²) in [4.78, 5) is 2.34. The quantitative estimate of drug-likeness (QED) is 0.872. The third kappa shape index (κ3) is 3.06. The molecule has 3 heteroatoms. The highest BCUT2D eigenvalue weighted by Crippen LogP contribution is 2.29. The van der Waals surface area contributed by atoms with E-state index in [0.717, 1.165) is 16.9 Å². The number of halogens is 1. The van der Waals surface area contributed by atoms with Crippen LogP contribution in [0.4, 0.5) is 4.39 Å². The van der Waals surface area contributed by atoms with E-state index in [1.807, 2.05) is 0 Å². The summed E-state index contributed by atoms with van der Waals surface area (Å²) in [6.45, 7) is 2.70. The topological polar surface area (TPSA) is 26.0 Å². The van der Waals surface area contributed by atoms with Crippen LogP contribution in [0, 0.1) is 5.82 Å². The maximum Gasteiger partial charge on any atom is 0.123 e. The largest absolute Gasteiger partial charge is 0.327 e. The van der Waals surface area contributed by atoms with Crippen LogP contribution >= 0.6 is 11.3 Å². The lowest BCUT2D eigenvalue weighted by molar-refractivity contribution is 0.628. The van der Waals surface area contributed by atoms with Crippen LogP contribution in [0.3, 0.4) is 0 Å². The molecule has 18 heavy (non-hydrogen) atoms. The summed E-state index contributed by atoms with van der Waals surface area (Å²) in [6.07, 6.45) is 3.11. The van der Waals surface area contributed by atoms with Crippen LogP contribution < -0.4 is 5.73 Å². The Morgan fingerprint density at radius 1 is 1.22 bits per heavy atom. The molecule has 2 rings (SSSR count). The van der Waals surface area contributed by atoms with Gasteiger partial charge in [-0.3, -0.25) is 0 Å². The summed E-state index contributed by atoms with van der Waals surface area (Å²) in [6, 6.07) is 10.7. The van der Waals surface area contributed by atoms with Crippen LogP contribution in [0.25, 0.3) is 16.5 Å². The standard InChI is InChI=1S/C15H16FNS/c1-2-11(10-17)9-14-7-8-15(18-14)12-3-5-13(16)6-4-12/h3-9H,2,10,17H2,1H3. The van der Waals surface area contributed by atoms with Gasteiger partial charge in [0.15, 0.2) is 0 Å². The van der Waals surface area contributed by atoms with Crippen molar-refractivity contribution in [1.82, 2.24) is 0 Å². The van der Waals surface area contributed by atoms with E-state index in [2.05, 4.69) is 25.1 Å². The Labute approximate surface area is 111 Å². The Morgan fingerprint density at radius 3 is 2.56 bits per heavy atom. The second-order valence-electron chi connectivity index (χ2n) is 4.07. The molecule has 0 saturated carbocycles. The second kappa shape index (κ2) is 5.94. The van der Waals surface area contributed by atoms with Gasteiger partial charge in [0.25, 0.3) is 0 Å². The summed E-state index contributed by atoms with van der Waals surface area (Å²) in [5, 5.41) is 0. The first-order valence-electron chi connectivity index (χ1n) is 5.98. The van der Waals surface area contributed by atoms with Crippen LogP contribution in [0.15, 0.2) is 42.0 Å². The molecule has 1 aromatic carbocycles. The zero-order valence-electron chi connectivity index (χ0n) is 10.3. The molecule has 94 valence electrons. The summed E-state index contributed by atoms with van der Waals surface area (Å²) in [5.41, 5.74) is 7.95. The van der Waals surface area contributed by atoms with Gasteiger partial charge in [0.05, 0.1) is 0 Å². The Hall–Kier alpha value is -1.45. The van der Waals surface area contributed by atoms with E-state index in [1.54, 1.807) is 23.5 Å². The van der Waals surface area contributed by atoms with E-state index < -0.39 is 0 Å². The molecule has 0 fully saturated rings. The second-order valence-corrected chi connectivity index (χ2v) is 5.18. The van der Waals surface area contributed by atoms with Crippen molar-refractivity contribution in [1.29, 1.82) is 0 Å². The number of hydrogen-bond acceptors (Lipinski definition) is 2. The minimum absolute atomic E-state index is 0.202. The molecule has 0 aliphatic carbocycles. The molecule has 1 aromatic heterocycles. The maximum absolute atomic E-state index is 12.9. The molecular formula is C15H16FNS. The van der Waals surface area contributed by atoms with Gasteiger partial charge in [-0.05, 0) is 42.3 Å². The third-order valence-corrected chi connectivity index (χ3v) is 3.90. The van der Waals surface area contributed by atoms with Crippen molar-refractivity contribution in [2.75, 3.05) is 6.54 Å². The van der Waals surface area contributed by atoms with Gasteiger partial charge < -0.3 is 5.73 Å². The van der Waals surface area contributed by atoms with E-state index in [4.69, 9.17) is 5.73 Å². The number of hydrogen-bond donors (Lipinski definition) is 1. The van der Waals surface area contributed by atoms with Crippen LogP contribution in [0.5, 0.6) is 0 Å². The van der Waals surface area contributed by atoms with E-state index >= 15 is 0 Å². The smallest absolute Gasteiger partial charge is 0.123 e. The van der Waals surface area contributed by atoms with Gasteiger partial charge in [-0.15, -0.1) is 11.3 Å². The molecule has 0 aliphatic heterocycles. The van der Waals surface area contributed by atoms with Crippen molar-refractivity contribution >= 4 is 17.4 Å². The van der Waals surface area contributed by atoms with Crippen molar-refractivity contribution in [3.63, 3.8) is 0 Å². The zero-order valence-corrected chi connectivity index (χ0v) is 11.1. The lowest BCUT2D eigenvalue weighted by Gasteiger charge is -1.98. The Morgan fingerprint density at radius 2 is 1.94 bits per heavy atom. The normalized spacial score (nSPS) is 11.8. The number of benzene rings is 1. The molecule has 2 N–H and O–H groups in total. The number of rotatable bonds is 4. The average Bonchev–Trinajstić information content (AvgIpc) is 2.85. The summed E-state index contributed by atoms with van der Waals surface area (Å²) >= 11 is 1.70. The van der Waals surface area contributed by atoms with Crippen LogP contribution in [0.1, 0.15) is 18.2 Å². The van der Waals surface area contributed by atoms with Gasteiger partial charge in [-0.25, -0.2) is 4.39 Å². The van der Waals surface area contributed by atoms with E-state index in [0.29, 0.717) is 6.54 Å².